The number of morpholine rings is 2. The van der Waals surface area contributed by atoms with Crippen molar-refractivity contribution in [2.75, 3.05) is 62.8 Å². The summed E-state index contributed by atoms with van der Waals surface area (Å²) in [6.07, 6.45) is 1.24. The molecule has 1 N–H and O–H groups in total. The van der Waals surface area contributed by atoms with Gasteiger partial charge in [0.05, 0.1) is 43.6 Å². The lowest BCUT2D eigenvalue weighted by molar-refractivity contribution is -0.00570. The van der Waals surface area contributed by atoms with E-state index < -0.39 is 0 Å². The fourth-order valence-corrected chi connectivity index (χ4v) is 6.32. The van der Waals surface area contributed by atoms with Crippen molar-refractivity contribution in [3.8, 4) is 17.0 Å². The lowest BCUT2D eigenvalue weighted by Gasteiger charge is -2.36. The van der Waals surface area contributed by atoms with Crippen LogP contribution in [0.1, 0.15) is 24.3 Å². The fourth-order valence-electron chi connectivity index (χ4n) is 5.61. The van der Waals surface area contributed by atoms with Gasteiger partial charge in [0.25, 0.3) is 0 Å². The first-order valence-electron chi connectivity index (χ1n) is 14.4. The van der Waals surface area contributed by atoms with E-state index >= 15 is 0 Å². The summed E-state index contributed by atoms with van der Waals surface area (Å²) >= 11 is 1.80. The van der Waals surface area contributed by atoms with E-state index in [1.54, 1.807) is 18.4 Å². The molecule has 0 saturated carbocycles. The predicted octanol–water partition coefficient (Wildman–Crippen LogP) is 4.54. The summed E-state index contributed by atoms with van der Waals surface area (Å²) in [5, 5.41) is 6.65. The number of rotatable bonds is 9. The Balaban J connectivity index is 1.31. The van der Waals surface area contributed by atoms with Gasteiger partial charge in [-0.2, -0.15) is 9.97 Å². The maximum Gasteiger partial charge on any atom is 0.229 e. The molecule has 1 aromatic carbocycles. The number of anilines is 2. The maximum absolute atomic E-state index is 5.98. The number of methoxy groups -OCH3 is 1. The van der Waals surface area contributed by atoms with Crippen LogP contribution >= 0.6 is 11.3 Å². The first-order chi connectivity index (χ1) is 20.1. The van der Waals surface area contributed by atoms with Gasteiger partial charge in [-0.3, -0.25) is 0 Å². The monoisotopic (exact) mass is 574 g/mol. The van der Waals surface area contributed by atoms with E-state index in [2.05, 4.69) is 70.7 Å². The van der Waals surface area contributed by atoms with Gasteiger partial charge in [-0.05, 0) is 62.0 Å². The van der Waals surface area contributed by atoms with Crippen molar-refractivity contribution in [2.45, 2.75) is 39.0 Å². The van der Waals surface area contributed by atoms with Gasteiger partial charge < -0.3 is 29.3 Å². The maximum atomic E-state index is 5.98. The second kappa shape index (κ2) is 12.7. The standard InChI is InChI=1S/C31H38N6O3S/c1-21-19-37(20-22(2)40-21)31-34-29-26(30(35-31)36-12-14-39-15-13-36)7-8-27(33-29)23-6-9-28(38-3)24(17-23)18-32-11-10-25-5-4-16-41-25/h4-9,16-17,21-22,32H,10-15,18-20H2,1-3H3. The van der Waals surface area contributed by atoms with E-state index in [0.717, 1.165) is 79.5 Å². The van der Waals surface area contributed by atoms with Crippen molar-refractivity contribution >= 4 is 34.1 Å². The number of hydrogen-bond acceptors (Lipinski definition) is 10. The minimum Gasteiger partial charge on any atom is -0.496 e. The Morgan fingerprint density at radius 1 is 1.00 bits per heavy atom. The van der Waals surface area contributed by atoms with Crippen LogP contribution in [0.15, 0.2) is 47.8 Å². The van der Waals surface area contributed by atoms with Crippen LogP contribution in [-0.2, 0) is 22.4 Å². The normalized spacial score (nSPS) is 19.6. The van der Waals surface area contributed by atoms with Crippen LogP contribution in [0, 0.1) is 0 Å². The van der Waals surface area contributed by atoms with Crippen molar-refractivity contribution < 1.29 is 14.2 Å². The molecule has 2 fully saturated rings. The topological polar surface area (TPSA) is 84.9 Å². The quantitative estimate of drug-likeness (QED) is 0.290. The van der Waals surface area contributed by atoms with Crippen LogP contribution in [0.3, 0.4) is 0 Å². The SMILES string of the molecule is COc1ccc(-c2ccc3c(N4CCOCC4)nc(N4CC(C)OC(C)C4)nc3n2)cc1CNCCc1cccs1. The Hall–Kier alpha value is -3.31. The van der Waals surface area contributed by atoms with Crippen molar-refractivity contribution in [3.05, 3.63) is 58.3 Å². The van der Waals surface area contributed by atoms with Gasteiger partial charge in [0, 0.05) is 55.3 Å². The van der Waals surface area contributed by atoms with Gasteiger partial charge in [-0.25, -0.2) is 4.98 Å². The number of fused-ring (bicyclic) bond motifs is 1. The number of benzene rings is 1. The van der Waals surface area contributed by atoms with Crippen LogP contribution in [-0.4, -0.2) is 80.2 Å². The van der Waals surface area contributed by atoms with Crippen molar-refractivity contribution in [2.24, 2.45) is 0 Å². The number of nitrogens with zero attached hydrogens (tertiary/aromatic N) is 5. The van der Waals surface area contributed by atoms with Gasteiger partial charge in [0.15, 0.2) is 5.65 Å². The second-order valence-electron chi connectivity index (χ2n) is 10.7. The Morgan fingerprint density at radius 2 is 1.83 bits per heavy atom. The third-order valence-corrected chi connectivity index (χ3v) is 8.50. The molecular formula is C31H38N6O3S. The summed E-state index contributed by atoms with van der Waals surface area (Å²) < 4.78 is 17.3. The van der Waals surface area contributed by atoms with Gasteiger partial charge in [-0.15, -0.1) is 11.3 Å². The Bertz CT molecular complexity index is 1450. The molecule has 2 aliphatic heterocycles. The molecule has 10 heteroatoms. The zero-order chi connectivity index (χ0) is 28.2. The molecule has 3 aromatic heterocycles. The highest BCUT2D eigenvalue weighted by atomic mass is 32.1. The first kappa shape index (κ1) is 27.8. The largest absolute Gasteiger partial charge is 0.496 e. The molecule has 2 aliphatic rings. The average molecular weight is 575 g/mol. The molecule has 0 spiro atoms. The Morgan fingerprint density at radius 3 is 2.59 bits per heavy atom. The van der Waals surface area contributed by atoms with E-state index in [0.29, 0.717) is 24.8 Å². The average Bonchev–Trinajstić information content (AvgIpc) is 3.52. The van der Waals surface area contributed by atoms with Crippen LogP contribution in [0.2, 0.25) is 0 Å². The summed E-state index contributed by atoms with van der Waals surface area (Å²) in [7, 11) is 1.72. The van der Waals surface area contributed by atoms with Crippen molar-refractivity contribution in [1.29, 1.82) is 0 Å². The summed E-state index contributed by atoms with van der Waals surface area (Å²) in [6, 6.07) is 14.7. The number of thiophene rings is 1. The van der Waals surface area contributed by atoms with Gasteiger partial charge >= 0.3 is 0 Å². The summed E-state index contributed by atoms with van der Waals surface area (Å²) in [6.45, 7) is 10.3. The van der Waals surface area contributed by atoms with Crippen molar-refractivity contribution in [3.63, 3.8) is 0 Å². The van der Waals surface area contributed by atoms with Crippen LogP contribution in [0.25, 0.3) is 22.3 Å². The highest BCUT2D eigenvalue weighted by molar-refractivity contribution is 7.09. The number of pyridine rings is 1. The molecule has 0 amide bonds. The number of aromatic nitrogens is 3. The van der Waals surface area contributed by atoms with E-state index in [9.17, 15) is 0 Å². The number of hydrogen-bond donors (Lipinski definition) is 1. The molecule has 0 bridgehead atoms. The molecule has 2 atom stereocenters. The zero-order valence-electron chi connectivity index (χ0n) is 24.0. The van der Waals surface area contributed by atoms with Crippen LogP contribution in [0.5, 0.6) is 5.75 Å². The molecular weight excluding hydrogens is 536 g/mol. The highest BCUT2D eigenvalue weighted by Crippen LogP contribution is 2.31. The summed E-state index contributed by atoms with van der Waals surface area (Å²) in [5.41, 5.74) is 3.71. The molecule has 216 valence electrons. The number of ether oxygens (including phenoxy) is 3. The van der Waals surface area contributed by atoms with Crippen LogP contribution in [0.4, 0.5) is 11.8 Å². The molecule has 41 heavy (non-hydrogen) atoms. The van der Waals surface area contributed by atoms with E-state index in [-0.39, 0.29) is 12.2 Å². The molecule has 6 rings (SSSR count). The van der Waals surface area contributed by atoms with Crippen molar-refractivity contribution in [1.82, 2.24) is 20.3 Å². The Kier molecular flexibility index (Phi) is 8.62. The van der Waals surface area contributed by atoms with Crippen LogP contribution < -0.4 is 19.9 Å². The summed E-state index contributed by atoms with van der Waals surface area (Å²) in [4.78, 5) is 21.1. The third-order valence-electron chi connectivity index (χ3n) is 7.56. The molecule has 0 radical (unpaired) electrons. The lowest BCUT2D eigenvalue weighted by atomic mass is 10.1. The molecule has 2 saturated heterocycles. The van der Waals surface area contributed by atoms with E-state index in [1.807, 2.05) is 6.07 Å². The molecule has 2 unspecified atom stereocenters. The molecule has 0 aliphatic carbocycles. The second-order valence-corrected chi connectivity index (χ2v) is 11.7. The summed E-state index contributed by atoms with van der Waals surface area (Å²) in [5.74, 6) is 2.49. The first-order valence-corrected chi connectivity index (χ1v) is 15.3. The molecule has 4 aromatic rings. The fraction of sp³-hybridized carbons (Fsp3) is 0.452. The molecule has 9 nitrogen and oxygen atoms in total. The third kappa shape index (κ3) is 6.46. The predicted molar refractivity (Wildman–Crippen MR) is 164 cm³/mol. The number of nitrogens with one attached hydrogen (secondary N) is 1. The van der Waals surface area contributed by atoms with E-state index in [1.165, 1.54) is 4.88 Å². The molecule has 5 heterocycles. The van der Waals surface area contributed by atoms with E-state index in [4.69, 9.17) is 29.2 Å². The highest BCUT2D eigenvalue weighted by Gasteiger charge is 2.27. The van der Waals surface area contributed by atoms with Gasteiger partial charge in [0.1, 0.15) is 11.6 Å². The smallest absolute Gasteiger partial charge is 0.229 e. The lowest BCUT2D eigenvalue weighted by Crippen LogP contribution is -2.46. The van der Waals surface area contributed by atoms with Gasteiger partial charge in [-0.1, -0.05) is 6.07 Å². The minimum absolute atomic E-state index is 0.112. The van der Waals surface area contributed by atoms with Gasteiger partial charge in [0.2, 0.25) is 5.95 Å². The zero-order valence-corrected chi connectivity index (χ0v) is 24.8. The Labute approximate surface area is 245 Å². The minimum atomic E-state index is 0.112.